The number of nitrogen functional groups attached to an aromatic ring is 1. The van der Waals surface area contributed by atoms with Gasteiger partial charge in [0.05, 0.1) is 98.9 Å². The second-order valence-corrected chi connectivity index (χ2v) is 24.6. The van der Waals surface area contributed by atoms with Crippen molar-refractivity contribution in [2.45, 2.75) is 95.4 Å². The summed E-state index contributed by atoms with van der Waals surface area (Å²) in [6.45, 7) is 11.0. The number of carbonyl (C=O) groups excluding carboxylic acids is 3. The molecule has 0 bridgehead atoms. The van der Waals surface area contributed by atoms with Crippen LogP contribution in [0.1, 0.15) is 93.7 Å². The van der Waals surface area contributed by atoms with E-state index in [1.807, 2.05) is 137 Å². The summed E-state index contributed by atoms with van der Waals surface area (Å²) in [4.78, 5) is 49.6. The minimum atomic E-state index is -3.12. The maximum absolute atomic E-state index is 12.2. The molecule has 426 valence electrons. The van der Waals surface area contributed by atoms with Gasteiger partial charge in [-0.05, 0) is 117 Å². The van der Waals surface area contributed by atoms with E-state index in [1.165, 1.54) is 12.6 Å². The molecular formula is C63H63Cl2N11O6S. The zero-order valence-electron chi connectivity index (χ0n) is 47.1. The van der Waals surface area contributed by atoms with E-state index in [9.17, 15) is 33.3 Å². The maximum Gasteiger partial charge on any atom is 0.246 e. The highest BCUT2D eigenvalue weighted by Crippen LogP contribution is 2.41. The van der Waals surface area contributed by atoms with E-state index in [0.29, 0.717) is 65.5 Å². The lowest BCUT2D eigenvalue weighted by molar-refractivity contribution is -0.134. The number of sulfone groups is 1. The van der Waals surface area contributed by atoms with Crippen LogP contribution in [0.3, 0.4) is 0 Å². The molecule has 11 rings (SSSR count). The van der Waals surface area contributed by atoms with Crippen LogP contribution < -0.4 is 21.1 Å². The summed E-state index contributed by atoms with van der Waals surface area (Å²) in [5.41, 5.74) is 14.3. The van der Waals surface area contributed by atoms with Gasteiger partial charge >= 0.3 is 0 Å². The Hall–Kier alpha value is -8.68. The van der Waals surface area contributed by atoms with Crippen molar-refractivity contribution in [2.24, 2.45) is 4.99 Å². The third-order valence-corrected chi connectivity index (χ3v) is 16.5. The van der Waals surface area contributed by atoms with Crippen LogP contribution in [0.5, 0.6) is 5.75 Å². The zero-order chi connectivity index (χ0) is 59.9. The molecule has 3 aliphatic rings. The van der Waals surface area contributed by atoms with Crippen molar-refractivity contribution in [3.05, 3.63) is 177 Å². The van der Waals surface area contributed by atoms with E-state index in [1.54, 1.807) is 42.4 Å². The molecule has 83 heavy (non-hydrogen) atoms. The van der Waals surface area contributed by atoms with Gasteiger partial charge in [-0.2, -0.15) is 15.6 Å². The van der Waals surface area contributed by atoms with Crippen LogP contribution in [0.15, 0.2) is 139 Å². The molecule has 2 aliphatic heterocycles. The van der Waals surface area contributed by atoms with Gasteiger partial charge < -0.3 is 20.7 Å². The second kappa shape index (κ2) is 25.2. The fraction of sp³-hybridized carbons (Fsp3) is 0.286. The number of aliphatic imine (C=N–C) groups is 1. The van der Waals surface area contributed by atoms with Crippen LogP contribution in [-0.2, 0) is 59.3 Å². The molecule has 0 spiro atoms. The lowest BCUT2D eigenvalue weighted by Gasteiger charge is -2.34. The molecule has 0 radical (unpaired) electrons. The number of hydrogen-bond donors (Lipinski definition) is 3. The molecule has 4 N–H and O–H groups in total. The van der Waals surface area contributed by atoms with E-state index in [2.05, 4.69) is 37.8 Å². The number of anilines is 3. The fourth-order valence-electron chi connectivity index (χ4n) is 9.95. The third kappa shape index (κ3) is 14.2. The number of nitriles is 2. The van der Waals surface area contributed by atoms with Gasteiger partial charge in [0, 0.05) is 34.7 Å². The van der Waals surface area contributed by atoms with Crippen LogP contribution >= 0.6 is 23.2 Å². The molecule has 1 saturated heterocycles. The number of nitrogens with two attached hydrogens (primary N) is 1. The van der Waals surface area contributed by atoms with Crippen LogP contribution in [-0.4, -0.2) is 76.4 Å². The minimum Gasteiger partial charge on any atom is -0.495 e. The largest absolute Gasteiger partial charge is 0.495 e. The Kier molecular flexibility index (Phi) is 18.4. The summed E-state index contributed by atoms with van der Waals surface area (Å²) in [7, 11) is -1.54. The molecule has 1 amide bonds. The van der Waals surface area contributed by atoms with E-state index in [4.69, 9.17) is 38.7 Å². The number of nitrogens with zero attached hydrogens (tertiary/aromatic N) is 8. The first-order valence-corrected chi connectivity index (χ1v) is 29.5. The average Bonchev–Trinajstić information content (AvgIpc) is 3.73. The highest BCUT2D eigenvalue weighted by atomic mass is 35.5. The number of guanidine groups is 1. The normalized spacial score (nSPS) is 15.6. The summed E-state index contributed by atoms with van der Waals surface area (Å²) in [6.07, 6.45) is 6.32. The van der Waals surface area contributed by atoms with Crippen LogP contribution in [0.4, 0.5) is 22.7 Å². The number of aromatic nitrogens is 4. The Morgan fingerprint density at radius 2 is 1.47 bits per heavy atom. The monoisotopic (exact) mass is 1170 g/mol. The number of pyridine rings is 1. The van der Waals surface area contributed by atoms with Crippen molar-refractivity contribution in [3.63, 3.8) is 0 Å². The molecule has 17 nitrogen and oxygen atoms in total. The number of Topliss-reactive ketones (excluding diaryl/α,β-unsaturated/α-hetero) is 2. The van der Waals surface area contributed by atoms with Gasteiger partial charge in [-0.25, -0.2) is 28.1 Å². The minimum absolute atomic E-state index is 0.0231. The number of para-hydroxylation sites is 2. The third-order valence-electron chi connectivity index (χ3n) is 14.8. The first-order valence-electron chi connectivity index (χ1n) is 26.7. The van der Waals surface area contributed by atoms with Gasteiger partial charge in [-0.3, -0.25) is 19.7 Å². The summed E-state index contributed by atoms with van der Waals surface area (Å²) in [5.74, 6) is 1.23. The number of ketones is 2. The zero-order valence-corrected chi connectivity index (χ0v) is 49.5. The van der Waals surface area contributed by atoms with Crippen LogP contribution in [0.25, 0.3) is 21.8 Å². The first-order chi connectivity index (χ1) is 39.5. The highest BCUT2D eigenvalue weighted by molar-refractivity contribution is 7.89. The Morgan fingerprint density at radius 3 is 2.04 bits per heavy atom. The van der Waals surface area contributed by atoms with Gasteiger partial charge in [0.2, 0.25) is 11.9 Å². The SMILES string of the molecule is CC(C)(C#N)c1cc(Cn2cncn2)cc(C(C)(C)C#N)c1.CCC1(c2ccc(N)cc2)CCC(=O)CC1=O.COc1cc(CS(C)(=O)=O)ccc1Nc1c2ccccc2nc2ccccc12.O=C1CN2Cc3c(ccc(Cl)c3Cl)N=C2N1. The van der Waals surface area contributed by atoms with E-state index in [0.717, 1.165) is 73.1 Å². The van der Waals surface area contributed by atoms with Crippen LogP contribution in [0, 0.1) is 22.7 Å². The quantitative estimate of drug-likeness (QED) is 0.0619. The maximum atomic E-state index is 12.2. The lowest BCUT2D eigenvalue weighted by Crippen LogP contribution is -2.40. The molecule has 4 heterocycles. The molecule has 1 aliphatic carbocycles. The van der Waals surface area contributed by atoms with Gasteiger partial charge in [0.25, 0.3) is 0 Å². The molecule has 1 saturated carbocycles. The summed E-state index contributed by atoms with van der Waals surface area (Å²) < 4.78 is 30.5. The van der Waals surface area contributed by atoms with E-state index >= 15 is 0 Å². The summed E-state index contributed by atoms with van der Waals surface area (Å²) >= 11 is 12.0. The molecule has 6 aromatic carbocycles. The molecule has 2 fully saturated rings. The number of ether oxygens (including phenoxy) is 1. The fourth-order valence-corrected chi connectivity index (χ4v) is 11.1. The topological polar surface area (TPSA) is 251 Å². The van der Waals surface area contributed by atoms with Gasteiger partial charge in [0.1, 0.15) is 30.7 Å². The summed E-state index contributed by atoms with van der Waals surface area (Å²) in [6, 6.07) is 42.9. The number of carbonyl (C=O) groups is 3. The van der Waals surface area contributed by atoms with Crippen molar-refractivity contribution >= 4 is 101 Å². The Morgan fingerprint density at radius 1 is 0.831 bits per heavy atom. The van der Waals surface area contributed by atoms with Crippen molar-refractivity contribution < 1.29 is 27.5 Å². The van der Waals surface area contributed by atoms with E-state index in [-0.39, 0.29) is 29.6 Å². The summed E-state index contributed by atoms with van der Waals surface area (Å²) in [5, 5.41) is 32.1. The Labute approximate surface area is 493 Å². The number of benzene rings is 6. The number of halogens is 2. The molecule has 2 aromatic heterocycles. The van der Waals surface area contributed by atoms with Crippen molar-refractivity contribution in [1.82, 2.24) is 30.0 Å². The lowest BCUT2D eigenvalue weighted by atomic mass is 9.66. The number of amides is 1. The van der Waals surface area contributed by atoms with Crippen molar-refractivity contribution in [1.29, 1.82) is 10.5 Å². The number of rotatable bonds is 11. The van der Waals surface area contributed by atoms with E-state index < -0.39 is 26.1 Å². The molecule has 8 aromatic rings. The Bertz CT molecular complexity index is 3910. The van der Waals surface area contributed by atoms with Crippen molar-refractivity contribution in [3.8, 4) is 17.9 Å². The highest BCUT2D eigenvalue weighted by Gasteiger charge is 2.42. The average molecular weight is 1170 g/mol. The predicted octanol–water partition coefficient (Wildman–Crippen LogP) is 11.8. The van der Waals surface area contributed by atoms with Crippen molar-refractivity contribution in [2.75, 3.05) is 31.0 Å². The number of nitrogens with one attached hydrogen (secondary N) is 2. The van der Waals surface area contributed by atoms with Gasteiger partial charge in [-0.15, -0.1) is 0 Å². The number of methoxy groups -OCH3 is 1. The standard InChI is InChI=1S/C22H20N2O3S.C17H19N5.C14H17NO2.C10H7Cl2N3O/c1-27-21-13-15(14-28(2,25)26)11-12-20(21)24-22-16-7-3-5-9-18(16)23-19-10-6-4-8-17(19)22;1-16(2,9-18)14-5-13(8-22-12-20-11-21-22)6-15(7-14)17(3,4)10-19;1-2-14(8-7-12(16)9-13(14)17)10-3-5-11(15)6-4-10;11-6-1-2-7-5(9(6)12)3-15-4-8(16)14-10(15)13-7/h3-13H,14H2,1-2H3,(H,23,24);5-7,11-12H,8H2,1-4H3;3-6H,2,7-9,15H2,1H3;1-2H,3-4H2,(H,13,14,16). The molecule has 1 unspecified atom stereocenters. The molecular weight excluding hydrogens is 1110 g/mol. The predicted molar refractivity (Wildman–Crippen MR) is 326 cm³/mol. The molecule has 1 atom stereocenters. The first kappa shape index (κ1) is 60.4. The number of fused-ring (bicyclic) bond motifs is 4. The molecule has 20 heteroatoms. The van der Waals surface area contributed by atoms with Gasteiger partial charge in [-0.1, -0.05) is 103 Å². The van der Waals surface area contributed by atoms with Gasteiger partial charge in [0.15, 0.2) is 15.6 Å². The second-order valence-electron chi connectivity index (χ2n) is 21.6. The Balaban J connectivity index is 0.000000148. The number of hydrogen-bond acceptors (Lipinski definition) is 15. The van der Waals surface area contributed by atoms with Crippen LogP contribution in [0.2, 0.25) is 10.0 Å². The smallest absolute Gasteiger partial charge is 0.246 e.